The van der Waals surface area contributed by atoms with Crippen LogP contribution in [0.5, 0.6) is 0 Å². The second-order valence-electron chi connectivity index (χ2n) is 3.70. The summed E-state index contributed by atoms with van der Waals surface area (Å²) in [7, 11) is -3.20. The Morgan fingerprint density at radius 3 is 2.69 bits per heavy atom. The van der Waals surface area contributed by atoms with Gasteiger partial charge in [0.05, 0.1) is 10.6 Å². The molecule has 0 aliphatic heterocycles. The van der Waals surface area contributed by atoms with Crippen molar-refractivity contribution in [3.63, 3.8) is 0 Å². The third-order valence-electron chi connectivity index (χ3n) is 2.18. The van der Waals surface area contributed by atoms with E-state index in [0.29, 0.717) is 4.90 Å². The molecule has 0 aromatic heterocycles. The third kappa shape index (κ3) is 3.88. The molecule has 0 spiro atoms. The number of halogens is 1. The summed E-state index contributed by atoms with van der Waals surface area (Å²) in [6, 6.07) is 6.77. The second-order valence-corrected chi connectivity index (χ2v) is 6.65. The lowest BCUT2D eigenvalue weighted by molar-refractivity contribution is 0.566. The molecule has 0 fully saturated rings. The van der Waals surface area contributed by atoms with Gasteiger partial charge in [-0.3, -0.25) is 0 Å². The molecule has 1 N–H and O–H groups in total. The van der Waals surface area contributed by atoms with Crippen LogP contribution in [0.25, 0.3) is 0 Å². The molecule has 1 atom stereocenters. The average Bonchev–Trinajstić information content (AvgIpc) is 2.17. The molecular weight excluding hydrogens is 290 g/mol. The SMILES string of the molecule is CCNC(C)CS(=O)(=O)c1cccc(Br)c1. The van der Waals surface area contributed by atoms with Crippen LogP contribution in [0.1, 0.15) is 13.8 Å². The number of sulfone groups is 1. The lowest BCUT2D eigenvalue weighted by atomic mass is 10.4. The summed E-state index contributed by atoms with van der Waals surface area (Å²) >= 11 is 3.27. The number of nitrogens with one attached hydrogen (secondary N) is 1. The van der Waals surface area contributed by atoms with Gasteiger partial charge in [0.2, 0.25) is 0 Å². The van der Waals surface area contributed by atoms with Crippen molar-refractivity contribution in [2.24, 2.45) is 0 Å². The number of benzene rings is 1. The molecule has 0 saturated carbocycles. The summed E-state index contributed by atoms with van der Waals surface area (Å²) < 4.78 is 24.8. The standard InChI is InChI=1S/C11H16BrNO2S/c1-3-13-9(2)8-16(14,15)11-6-4-5-10(12)7-11/h4-7,9,13H,3,8H2,1-2H3. The van der Waals surface area contributed by atoms with Crippen LogP contribution < -0.4 is 5.32 Å². The van der Waals surface area contributed by atoms with Crippen molar-refractivity contribution < 1.29 is 8.42 Å². The predicted molar refractivity (Wildman–Crippen MR) is 69.3 cm³/mol. The van der Waals surface area contributed by atoms with Crippen molar-refractivity contribution in [3.8, 4) is 0 Å². The summed E-state index contributed by atoms with van der Waals surface area (Å²) in [4.78, 5) is 0.367. The van der Waals surface area contributed by atoms with Crippen LogP contribution in [0.3, 0.4) is 0 Å². The smallest absolute Gasteiger partial charge is 0.179 e. The van der Waals surface area contributed by atoms with E-state index in [0.717, 1.165) is 11.0 Å². The fraction of sp³-hybridized carbons (Fsp3) is 0.455. The Bertz CT molecular complexity index is 445. The Balaban J connectivity index is 2.86. The lowest BCUT2D eigenvalue weighted by Crippen LogP contribution is -2.32. The van der Waals surface area contributed by atoms with Gasteiger partial charge in [-0.2, -0.15) is 0 Å². The van der Waals surface area contributed by atoms with E-state index in [1.807, 2.05) is 19.9 Å². The molecule has 1 unspecified atom stereocenters. The third-order valence-corrected chi connectivity index (χ3v) is 4.58. The normalized spacial score (nSPS) is 13.7. The minimum absolute atomic E-state index is 0.0334. The molecule has 0 bridgehead atoms. The molecule has 16 heavy (non-hydrogen) atoms. The zero-order valence-electron chi connectivity index (χ0n) is 9.40. The number of hydrogen-bond acceptors (Lipinski definition) is 3. The van der Waals surface area contributed by atoms with Gasteiger partial charge >= 0.3 is 0 Å². The summed E-state index contributed by atoms with van der Waals surface area (Å²) in [6.45, 7) is 4.61. The van der Waals surface area contributed by atoms with Gasteiger partial charge in [0, 0.05) is 10.5 Å². The molecule has 1 rings (SSSR count). The maximum Gasteiger partial charge on any atom is 0.179 e. The highest BCUT2D eigenvalue weighted by atomic mass is 79.9. The first-order valence-electron chi connectivity index (χ1n) is 5.17. The van der Waals surface area contributed by atoms with E-state index in [1.165, 1.54) is 0 Å². The Morgan fingerprint density at radius 1 is 1.44 bits per heavy atom. The van der Waals surface area contributed by atoms with E-state index >= 15 is 0 Å². The summed E-state index contributed by atoms with van der Waals surface area (Å²) in [5, 5.41) is 3.10. The molecule has 90 valence electrons. The molecule has 0 amide bonds. The summed E-state index contributed by atoms with van der Waals surface area (Å²) in [5.41, 5.74) is 0. The Kier molecular flexibility index (Phi) is 4.95. The molecule has 0 saturated heterocycles. The van der Waals surface area contributed by atoms with Crippen LogP contribution in [-0.4, -0.2) is 26.8 Å². The van der Waals surface area contributed by atoms with Gasteiger partial charge in [0.25, 0.3) is 0 Å². The Hall–Kier alpha value is -0.390. The monoisotopic (exact) mass is 305 g/mol. The molecule has 1 aromatic rings. The van der Waals surface area contributed by atoms with E-state index < -0.39 is 9.84 Å². The Labute approximate surface area is 105 Å². The van der Waals surface area contributed by atoms with Crippen LogP contribution >= 0.6 is 15.9 Å². The van der Waals surface area contributed by atoms with Gasteiger partial charge < -0.3 is 5.32 Å². The van der Waals surface area contributed by atoms with E-state index in [1.54, 1.807) is 18.2 Å². The summed E-state index contributed by atoms with van der Waals surface area (Å²) in [6.07, 6.45) is 0. The minimum atomic E-state index is -3.20. The number of hydrogen-bond donors (Lipinski definition) is 1. The first-order valence-corrected chi connectivity index (χ1v) is 7.62. The van der Waals surface area contributed by atoms with Crippen molar-refractivity contribution in [3.05, 3.63) is 28.7 Å². The molecule has 0 aliphatic rings. The van der Waals surface area contributed by atoms with E-state index in [2.05, 4.69) is 21.2 Å². The van der Waals surface area contributed by atoms with Gasteiger partial charge in [-0.15, -0.1) is 0 Å². The van der Waals surface area contributed by atoms with Gasteiger partial charge in [-0.1, -0.05) is 28.9 Å². The highest BCUT2D eigenvalue weighted by Gasteiger charge is 2.17. The van der Waals surface area contributed by atoms with Crippen LogP contribution in [0, 0.1) is 0 Å². The Morgan fingerprint density at radius 2 is 2.12 bits per heavy atom. The van der Waals surface area contributed by atoms with Crippen LogP contribution in [0.15, 0.2) is 33.6 Å². The summed E-state index contributed by atoms with van der Waals surface area (Å²) in [5.74, 6) is 0.122. The van der Waals surface area contributed by atoms with Crippen LogP contribution in [-0.2, 0) is 9.84 Å². The molecule has 0 heterocycles. The topological polar surface area (TPSA) is 46.2 Å². The average molecular weight is 306 g/mol. The van der Waals surface area contributed by atoms with E-state index in [9.17, 15) is 8.42 Å². The quantitative estimate of drug-likeness (QED) is 0.907. The molecule has 5 heteroatoms. The minimum Gasteiger partial charge on any atom is -0.314 e. The number of rotatable bonds is 5. The second kappa shape index (κ2) is 5.80. The van der Waals surface area contributed by atoms with Crippen molar-refractivity contribution in [2.45, 2.75) is 24.8 Å². The molecule has 0 radical (unpaired) electrons. The van der Waals surface area contributed by atoms with Gasteiger partial charge in [-0.25, -0.2) is 8.42 Å². The highest BCUT2D eigenvalue weighted by Crippen LogP contribution is 2.17. The largest absolute Gasteiger partial charge is 0.314 e. The molecule has 1 aromatic carbocycles. The first kappa shape index (κ1) is 13.7. The van der Waals surface area contributed by atoms with E-state index in [-0.39, 0.29) is 11.8 Å². The zero-order chi connectivity index (χ0) is 12.2. The van der Waals surface area contributed by atoms with Crippen molar-refractivity contribution >= 4 is 25.8 Å². The molecule has 3 nitrogen and oxygen atoms in total. The zero-order valence-corrected chi connectivity index (χ0v) is 11.8. The predicted octanol–water partition coefficient (Wildman–Crippen LogP) is 2.22. The molecular formula is C11H16BrNO2S. The van der Waals surface area contributed by atoms with E-state index in [4.69, 9.17) is 0 Å². The fourth-order valence-corrected chi connectivity index (χ4v) is 3.60. The van der Waals surface area contributed by atoms with Gasteiger partial charge in [0.1, 0.15) is 0 Å². The van der Waals surface area contributed by atoms with Crippen molar-refractivity contribution in [2.75, 3.05) is 12.3 Å². The van der Waals surface area contributed by atoms with Crippen LogP contribution in [0.2, 0.25) is 0 Å². The van der Waals surface area contributed by atoms with Gasteiger partial charge in [0.15, 0.2) is 9.84 Å². The van der Waals surface area contributed by atoms with Crippen molar-refractivity contribution in [1.82, 2.24) is 5.32 Å². The highest BCUT2D eigenvalue weighted by molar-refractivity contribution is 9.10. The lowest BCUT2D eigenvalue weighted by Gasteiger charge is -2.12. The van der Waals surface area contributed by atoms with Crippen LogP contribution in [0.4, 0.5) is 0 Å². The van der Waals surface area contributed by atoms with Gasteiger partial charge in [-0.05, 0) is 31.7 Å². The van der Waals surface area contributed by atoms with Crippen molar-refractivity contribution in [1.29, 1.82) is 0 Å². The first-order chi connectivity index (χ1) is 7.45. The molecule has 0 aliphatic carbocycles. The maximum atomic E-state index is 12.0. The fourth-order valence-electron chi connectivity index (χ4n) is 1.49. The maximum absolute atomic E-state index is 12.0.